The minimum atomic E-state index is -0.655. The van der Waals surface area contributed by atoms with Crippen LogP contribution >= 0.6 is 15.9 Å². The van der Waals surface area contributed by atoms with Crippen LogP contribution in [-0.2, 0) is 22.6 Å². The van der Waals surface area contributed by atoms with Crippen LogP contribution in [0.2, 0.25) is 0 Å². The van der Waals surface area contributed by atoms with Gasteiger partial charge in [-0.15, -0.1) is 0 Å². The van der Waals surface area contributed by atoms with Crippen LogP contribution in [0, 0.1) is 5.82 Å². The summed E-state index contributed by atoms with van der Waals surface area (Å²) in [6.45, 7) is 4.27. The average molecular weight is 421 g/mol. The van der Waals surface area contributed by atoms with E-state index in [2.05, 4.69) is 21.2 Å². The minimum Gasteiger partial charge on any atom is -0.355 e. The Morgan fingerprint density at radius 1 is 1.15 bits per heavy atom. The molecule has 4 nitrogen and oxygen atoms in total. The van der Waals surface area contributed by atoms with Crippen LogP contribution in [0.3, 0.4) is 0 Å². The van der Waals surface area contributed by atoms with Gasteiger partial charge in [0.25, 0.3) is 0 Å². The van der Waals surface area contributed by atoms with E-state index in [0.29, 0.717) is 12.1 Å². The Hall–Kier alpha value is -2.21. The van der Waals surface area contributed by atoms with Gasteiger partial charge < -0.3 is 10.2 Å². The van der Waals surface area contributed by atoms with Gasteiger partial charge >= 0.3 is 0 Å². The topological polar surface area (TPSA) is 49.4 Å². The summed E-state index contributed by atoms with van der Waals surface area (Å²) in [7, 11) is 0. The first-order valence-electron chi connectivity index (χ1n) is 8.47. The monoisotopic (exact) mass is 420 g/mol. The zero-order valence-corrected chi connectivity index (χ0v) is 16.4. The zero-order valence-electron chi connectivity index (χ0n) is 14.8. The number of carbonyl (C=O) groups excluding carboxylic acids is 2. The molecule has 0 aliphatic rings. The largest absolute Gasteiger partial charge is 0.355 e. The van der Waals surface area contributed by atoms with Gasteiger partial charge in [-0.2, -0.15) is 0 Å². The van der Waals surface area contributed by atoms with E-state index in [0.717, 1.165) is 10.0 Å². The average Bonchev–Trinajstić information content (AvgIpc) is 2.62. The fourth-order valence-corrected chi connectivity index (χ4v) is 2.86. The fraction of sp³-hybridized carbons (Fsp3) is 0.300. The highest BCUT2D eigenvalue weighted by atomic mass is 79.9. The van der Waals surface area contributed by atoms with Crippen LogP contribution in [0.4, 0.5) is 4.39 Å². The van der Waals surface area contributed by atoms with E-state index < -0.39 is 11.9 Å². The highest BCUT2D eigenvalue weighted by Crippen LogP contribution is 2.16. The number of likely N-dealkylation sites (N-methyl/N-ethyl adjacent to an activating group) is 1. The summed E-state index contributed by atoms with van der Waals surface area (Å²) in [6, 6.07) is 13.1. The van der Waals surface area contributed by atoms with Gasteiger partial charge in [-0.25, -0.2) is 4.39 Å². The molecule has 0 heterocycles. The van der Waals surface area contributed by atoms with Gasteiger partial charge in [0.15, 0.2) is 0 Å². The standard InChI is InChI=1S/C20H22BrFN2O2/c1-3-23-20(26)14(2)24(13-15-8-10-17(21)11-9-15)19(25)12-16-6-4-5-7-18(16)22/h4-11,14H,3,12-13H2,1-2H3,(H,23,26)/t14-/m1/s1. The molecule has 0 radical (unpaired) electrons. The lowest BCUT2D eigenvalue weighted by Crippen LogP contribution is -2.48. The predicted octanol–water partition coefficient (Wildman–Crippen LogP) is 3.68. The Labute approximate surface area is 161 Å². The third kappa shape index (κ3) is 5.39. The van der Waals surface area contributed by atoms with Gasteiger partial charge in [0.2, 0.25) is 11.8 Å². The SMILES string of the molecule is CCNC(=O)[C@@H](C)N(Cc1ccc(Br)cc1)C(=O)Cc1ccccc1F. The molecular weight excluding hydrogens is 399 g/mol. The lowest BCUT2D eigenvalue weighted by atomic mass is 10.1. The van der Waals surface area contributed by atoms with Crippen molar-refractivity contribution in [3.8, 4) is 0 Å². The number of nitrogens with one attached hydrogen (secondary N) is 1. The van der Waals surface area contributed by atoms with Gasteiger partial charge in [0.05, 0.1) is 6.42 Å². The summed E-state index contributed by atoms with van der Waals surface area (Å²) in [4.78, 5) is 26.6. The number of rotatable bonds is 7. The molecule has 2 rings (SSSR count). The maximum absolute atomic E-state index is 13.9. The molecule has 138 valence electrons. The second-order valence-corrected chi connectivity index (χ2v) is 6.90. The van der Waals surface area contributed by atoms with E-state index in [9.17, 15) is 14.0 Å². The van der Waals surface area contributed by atoms with Crippen LogP contribution in [-0.4, -0.2) is 29.3 Å². The molecule has 1 N–H and O–H groups in total. The van der Waals surface area contributed by atoms with E-state index in [4.69, 9.17) is 0 Å². The molecule has 0 aliphatic heterocycles. The summed E-state index contributed by atoms with van der Waals surface area (Å²) in [6.07, 6.45) is -0.0903. The van der Waals surface area contributed by atoms with Crippen molar-refractivity contribution in [3.63, 3.8) is 0 Å². The maximum Gasteiger partial charge on any atom is 0.242 e. The van der Waals surface area contributed by atoms with Crippen molar-refractivity contribution in [1.82, 2.24) is 10.2 Å². The van der Waals surface area contributed by atoms with E-state index in [-0.39, 0.29) is 24.8 Å². The quantitative estimate of drug-likeness (QED) is 0.742. The Bertz CT molecular complexity index is 765. The molecule has 1 atom stereocenters. The van der Waals surface area contributed by atoms with Crippen molar-refractivity contribution in [3.05, 3.63) is 69.9 Å². The maximum atomic E-state index is 13.9. The summed E-state index contributed by atoms with van der Waals surface area (Å²) in [5, 5.41) is 2.74. The van der Waals surface area contributed by atoms with Crippen molar-refractivity contribution >= 4 is 27.7 Å². The number of hydrogen-bond donors (Lipinski definition) is 1. The third-order valence-corrected chi connectivity index (χ3v) is 4.61. The molecule has 26 heavy (non-hydrogen) atoms. The van der Waals surface area contributed by atoms with Crippen molar-refractivity contribution in [2.75, 3.05) is 6.54 Å². The van der Waals surface area contributed by atoms with Gasteiger partial charge in [-0.05, 0) is 43.2 Å². The molecule has 0 spiro atoms. The lowest BCUT2D eigenvalue weighted by Gasteiger charge is -2.29. The number of benzene rings is 2. The minimum absolute atomic E-state index is 0.0903. The molecule has 2 aromatic carbocycles. The Kier molecular flexibility index (Phi) is 7.33. The summed E-state index contributed by atoms with van der Waals surface area (Å²) >= 11 is 3.38. The van der Waals surface area contributed by atoms with Crippen molar-refractivity contribution < 1.29 is 14.0 Å². The predicted molar refractivity (Wildman–Crippen MR) is 103 cm³/mol. The Balaban J connectivity index is 2.23. The van der Waals surface area contributed by atoms with E-state index in [1.807, 2.05) is 31.2 Å². The van der Waals surface area contributed by atoms with Crippen LogP contribution < -0.4 is 5.32 Å². The van der Waals surface area contributed by atoms with Gasteiger partial charge in [0.1, 0.15) is 11.9 Å². The van der Waals surface area contributed by atoms with Gasteiger partial charge in [-0.3, -0.25) is 9.59 Å². The Morgan fingerprint density at radius 2 is 1.81 bits per heavy atom. The molecule has 0 aromatic heterocycles. The van der Waals surface area contributed by atoms with Crippen LogP contribution in [0.1, 0.15) is 25.0 Å². The summed E-state index contributed by atoms with van der Waals surface area (Å²) in [5.41, 5.74) is 1.22. The smallest absolute Gasteiger partial charge is 0.242 e. The van der Waals surface area contributed by atoms with Crippen LogP contribution in [0.15, 0.2) is 53.0 Å². The molecule has 2 amide bonds. The lowest BCUT2D eigenvalue weighted by molar-refractivity contribution is -0.140. The molecule has 0 saturated carbocycles. The molecule has 0 saturated heterocycles. The zero-order chi connectivity index (χ0) is 19.1. The first kappa shape index (κ1) is 20.1. The second kappa shape index (κ2) is 9.48. The van der Waals surface area contributed by atoms with Crippen molar-refractivity contribution in [2.24, 2.45) is 0 Å². The first-order valence-corrected chi connectivity index (χ1v) is 9.26. The summed E-state index contributed by atoms with van der Waals surface area (Å²) in [5.74, 6) is -0.946. The number of carbonyl (C=O) groups is 2. The summed E-state index contributed by atoms with van der Waals surface area (Å²) < 4.78 is 14.8. The number of nitrogens with zero attached hydrogens (tertiary/aromatic N) is 1. The van der Waals surface area contributed by atoms with Gasteiger partial charge in [0, 0.05) is 17.6 Å². The highest BCUT2D eigenvalue weighted by molar-refractivity contribution is 9.10. The van der Waals surface area contributed by atoms with Crippen molar-refractivity contribution in [2.45, 2.75) is 32.9 Å². The molecule has 0 fully saturated rings. The number of amides is 2. The highest BCUT2D eigenvalue weighted by Gasteiger charge is 2.26. The molecule has 0 unspecified atom stereocenters. The van der Waals surface area contributed by atoms with Crippen LogP contribution in [0.5, 0.6) is 0 Å². The van der Waals surface area contributed by atoms with E-state index in [1.54, 1.807) is 25.1 Å². The van der Waals surface area contributed by atoms with Crippen molar-refractivity contribution in [1.29, 1.82) is 0 Å². The second-order valence-electron chi connectivity index (χ2n) is 5.99. The van der Waals surface area contributed by atoms with E-state index >= 15 is 0 Å². The fourth-order valence-electron chi connectivity index (χ4n) is 2.60. The molecule has 0 bridgehead atoms. The molecular formula is C20H22BrFN2O2. The molecule has 2 aromatic rings. The third-order valence-electron chi connectivity index (χ3n) is 4.08. The Morgan fingerprint density at radius 3 is 2.42 bits per heavy atom. The van der Waals surface area contributed by atoms with Gasteiger partial charge in [-0.1, -0.05) is 46.3 Å². The normalized spacial score (nSPS) is 11.7. The number of halogens is 2. The van der Waals surface area contributed by atoms with Crippen LogP contribution in [0.25, 0.3) is 0 Å². The molecule has 0 aliphatic carbocycles. The van der Waals surface area contributed by atoms with E-state index in [1.165, 1.54) is 11.0 Å². The number of hydrogen-bond acceptors (Lipinski definition) is 2. The first-order chi connectivity index (χ1) is 12.4. The molecule has 6 heteroatoms.